The van der Waals surface area contributed by atoms with Crippen molar-refractivity contribution in [2.75, 3.05) is 33.9 Å². The molecular formula is C9H18ClNO3. The maximum Gasteiger partial charge on any atom is 0.325 e. The molecule has 14 heavy (non-hydrogen) atoms. The lowest BCUT2D eigenvalue weighted by Gasteiger charge is -2.08. The van der Waals surface area contributed by atoms with Crippen molar-refractivity contribution in [2.24, 2.45) is 0 Å². The number of nitrogens with one attached hydrogen (secondary N) is 1. The molecule has 1 unspecified atom stereocenters. The van der Waals surface area contributed by atoms with E-state index < -0.39 is 11.3 Å². The number of rotatable bonds is 8. The van der Waals surface area contributed by atoms with Crippen molar-refractivity contribution < 1.29 is 14.3 Å². The summed E-state index contributed by atoms with van der Waals surface area (Å²) in [6.07, 6.45) is 2.02. The second-order valence-corrected chi connectivity index (χ2v) is 3.42. The number of alkyl halides is 1. The minimum atomic E-state index is -0.595. The van der Waals surface area contributed by atoms with Crippen LogP contribution in [0.15, 0.2) is 0 Å². The number of unbranched alkanes of at least 4 members (excludes halogenated alkanes) is 1. The zero-order chi connectivity index (χ0) is 10.8. The van der Waals surface area contributed by atoms with Gasteiger partial charge in [-0.15, -0.1) is 11.6 Å². The van der Waals surface area contributed by atoms with E-state index in [1.807, 2.05) is 0 Å². The van der Waals surface area contributed by atoms with Crippen LogP contribution in [0.25, 0.3) is 0 Å². The van der Waals surface area contributed by atoms with Gasteiger partial charge in [0.2, 0.25) is 0 Å². The second kappa shape index (κ2) is 9.24. The van der Waals surface area contributed by atoms with E-state index in [9.17, 15) is 4.79 Å². The number of hydrogen-bond donors (Lipinski definition) is 1. The maximum atomic E-state index is 10.9. The highest BCUT2D eigenvalue weighted by Gasteiger charge is 2.14. The third-order valence-electron chi connectivity index (χ3n) is 1.73. The van der Waals surface area contributed by atoms with Gasteiger partial charge < -0.3 is 14.8 Å². The highest BCUT2D eigenvalue weighted by Crippen LogP contribution is 1.96. The molecule has 0 radical (unpaired) electrons. The van der Waals surface area contributed by atoms with E-state index in [1.54, 1.807) is 7.11 Å². The number of ether oxygens (including phenoxy) is 2. The van der Waals surface area contributed by atoms with Gasteiger partial charge >= 0.3 is 5.97 Å². The SMILES string of the molecule is COCCCCNCC(Cl)C(=O)OC. The quantitative estimate of drug-likeness (QED) is 0.375. The van der Waals surface area contributed by atoms with E-state index in [0.29, 0.717) is 6.54 Å². The molecule has 0 aromatic heterocycles. The number of halogens is 1. The first kappa shape index (κ1) is 13.7. The van der Waals surface area contributed by atoms with Crippen LogP contribution < -0.4 is 5.32 Å². The lowest BCUT2D eigenvalue weighted by Crippen LogP contribution is -2.30. The van der Waals surface area contributed by atoms with Crippen LogP contribution in [0.2, 0.25) is 0 Å². The number of esters is 1. The van der Waals surface area contributed by atoms with Crippen molar-refractivity contribution in [3.05, 3.63) is 0 Å². The smallest absolute Gasteiger partial charge is 0.325 e. The molecule has 0 aliphatic carbocycles. The molecule has 0 spiro atoms. The summed E-state index contributed by atoms with van der Waals surface area (Å²) in [6.45, 7) is 2.05. The molecule has 5 heteroatoms. The number of carbonyl (C=O) groups is 1. The normalized spacial score (nSPS) is 12.5. The molecule has 84 valence electrons. The summed E-state index contributed by atoms with van der Waals surface area (Å²) in [6, 6.07) is 0. The van der Waals surface area contributed by atoms with Gasteiger partial charge in [-0.25, -0.2) is 0 Å². The lowest BCUT2D eigenvalue weighted by molar-refractivity contribution is -0.140. The van der Waals surface area contributed by atoms with E-state index in [1.165, 1.54) is 7.11 Å². The molecule has 0 heterocycles. The third-order valence-corrected chi connectivity index (χ3v) is 2.06. The zero-order valence-corrected chi connectivity index (χ0v) is 9.47. The Labute approximate surface area is 89.9 Å². The fourth-order valence-electron chi connectivity index (χ4n) is 0.936. The molecule has 0 saturated heterocycles. The Morgan fingerprint density at radius 2 is 2.14 bits per heavy atom. The Kier molecular flexibility index (Phi) is 9.03. The maximum absolute atomic E-state index is 10.9. The van der Waals surface area contributed by atoms with Gasteiger partial charge in [0.15, 0.2) is 0 Å². The Bertz CT molecular complexity index is 155. The van der Waals surface area contributed by atoms with Gasteiger partial charge in [-0.2, -0.15) is 0 Å². The summed E-state index contributed by atoms with van der Waals surface area (Å²) in [5, 5.41) is 2.48. The monoisotopic (exact) mass is 223 g/mol. The van der Waals surface area contributed by atoms with Crippen LogP contribution in [-0.2, 0) is 14.3 Å². The van der Waals surface area contributed by atoms with Crippen LogP contribution >= 0.6 is 11.6 Å². The minimum Gasteiger partial charge on any atom is -0.468 e. The summed E-state index contributed by atoms with van der Waals surface area (Å²) in [7, 11) is 3.01. The Morgan fingerprint density at radius 1 is 1.43 bits per heavy atom. The minimum absolute atomic E-state index is 0.393. The molecule has 0 aromatic rings. The van der Waals surface area contributed by atoms with Crippen LogP contribution in [-0.4, -0.2) is 45.3 Å². The molecule has 0 saturated carbocycles. The van der Waals surface area contributed by atoms with E-state index in [4.69, 9.17) is 16.3 Å². The van der Waals surface area contributed by atoms with Crippen LogP contribution in [0, 0.1) is 0 Å². The highest BCUT2D eigenvalue weighted by molar-refractivity contribution is 6.30. The molecule has 0 amide bonds. The third kappa shape index (κ3) is 7.12. The predicted molar refractivity (Wildman–Crippen MR) is 55.6 cm³/mol. The second-order valence-electron chi connectivity index (χ2n) is 2.89. The van der Waals surface area contributed by atoms with Crippen molar-refractivity contribution >= 4 is 17.6 Å². The molecule has 0 aromatic carbocycles. The molecular weight excluding hydrogens is 206 g/mol. The van der Waals surface area contributed by atoms with Gasteiger partial charge in [0.05, 0.1) is 7.11 Å². The summed E-state index contributed by atoms with van der Waals surface area (Å²) in [5.74, 6) is -0.393. The standard InChI is InChI=1S/C9H18ClNO3/c1-13-6-4-3-5-11-7-8(10)9(12)14-2/h8,11H,3-7H2,1-2H3. The van der Waals surface area contributed by atoms with Crippen molar-refractivity contribution in [1.29, 1.82) is 0 Å². The van der Waals surface area contributed by atoms with E-state index in [2.05, 4.69) is 10.1 Å². The highest BCUT2D eigenvalue weighted by atomic mass is 35.5. The molecule has 4 nitrogen and oxygen atoms in total. The van der Waals surface area contributed by atoms with Crippen molar-refractivity contribution in [3.8, 4) is 0 Å². The van der Waals surface area contributed by atoms with Gasteiger partial charge in [-0.05, 0) is 19.4 Å². The Hall–Kier alpha value is -0.320. The molecule has 1 N–H and O–H groups in total. The fourth-order valence-corrected chi connectivity index (χ4v) is 1.13. The average molecular weight is 224 g/mol. The van der Waals surface area contributed by atoms with Gasteiger partial charge in [0, 0.05) is 20.3 Å². The largest absolute Gasteiger partial charge is 0.468 e. The first-order chi connectivity index (χ1) is 6.72. The lowest BCUT2D eigenvalue weighted by atomic mass is 10.3. The Morgan fingerprint density at radius 3 is 2.71 bits per heavy atom. The molecule has 0 fully saturated rings. The van der Waals surface area contributed by atoms with Crippen molar-refractivity contribution in [2.45, 2.75) is 18.2 Å². The molecule has 0 rings (SSSR count). The number of methoxy groups -OCH3 is 2. The first-order valence-corrected chi connectivity index (χ1v) is 5.07. The topological polar surface area (TPSA) is 47.6 Å². The van der Waals surface area contributed by atoms with E-state index in [-0.39, 0.29) is 0 Å². The predicted octanol–water partition coefficient (Wildman–Crippen LogP) is 0.783. The van der Waals surface area contributed by atoms with Gasteiger partial charge in [0.1, 0.15) is 5.38 Å². The van der Waals surface area contributed by atoms with Crippen LogP contribution in [0.3, 0.4) is 0 Å². The summed E-state index contributed by atoms with van der Waals surface area (Å²) in [5.41, 5.74) is 0. The summed E-state index contributed by atoms with van der Waals surface area (Å²) < 4.78 is 9.37. The molecule has 0 aliphatic rings. The van der Waals surface area contributed by atoms with Crippen molar-refractivity contribution in [1.82, 2.24) is 5.32 Å². The van der Waals surface area contributed by atoms with E-state index >= 15 is 0 Å². The summed E-state index contributed by atoms with van der Waals surface area (Å²) in [4.78, 5) is 10.9. The number of hydrogen-bond acceptors (Lipinski definition) is 4. The van der Waals surface area contributed by atoms with Gasteiger partial charge in [-0.1, -0.05) is 0 Å². The first-order valence-electron chi connectivity index (χ1n) is 4.64. The Balaban J connectivity index is 3.23. The van der Waals surface area contributed by atoms with Gasteiger partial charge in [0.25, 0.3) is 0 Å². The van der Waals surface area contributed by atoms with E-state index in [0.717, 1.165) is 26.0 Å². The van der Waals surface area contributed by atoms with Gasteiger partial charge in [-0.3, -0.25) is 4.79 Å². The molecule has 1 atom stereocenters. The van der Waals surface area contributed by atoms with Crippen LogP contribution in [0.5, 0.6) is 0 Å². The number of carbonyl (C=O) groups excluding carboxylic acids is 1. The molecule has 0 aliphatic heterocycles. The molecule has 0 bridgehead atoms. The van der Waals surface area contributed by atoms with Crippen molar-refractivity contribution in [3.63, 3.8) is 0 Å². The van der Waals surface area contributed by atoms with Crippen LogP contribution in [0.4, 0.5) is 0 Å². The van der Waals surface area contributed by atoms with Crippen LogP contribution in [0.1, 0.15) is 12.8 Å². The fraction of sp³-hybridized carbons (Fsp3) is 0.889. The zero-order valence-electron chi connectivity index (χ0n) is 8.72. The average Bonchev–Trinajstić information content (AvgIpc) is 2.21. The summed E-state index contributed by atoms with van der Waals surface area (Å²) >= 11 is 5.71.